The number of hydrogen-bond donors (Lipinski definition) is 5. The van der Waals surface area contributed by atoms with Crippen LogP contribution in [-0.4, -0.2) is 31.3 Å². The van der Waals surface area contributed by atoms with Gasteiger partial charge >= 0.3 is 0 Å². The largest absolute Gasteiger partial charge is 0.508 e. The first-order valence-electron chi connectivity index (χ1n) is 10.8. The van der Waals surface area contributed by atoms with E-state index >= 15 is 0 Å². The predicted octanol–water partition coefficient (Wildman–Crippen LogP) is 5.62. The molecule has 0 unspecified atom stereocenters. The number of ketones is 1. The second-order valence-corrected chi connectivity index (χ2v) is 8.53. The second-order valence-electron chi connectivity index (χ2n) is 8.53. The van der Waals surface area contributed by atoms with Crippen molar-refractivity contribution in [1.82, 2.24) is 0 Å². The highest BCUT2D eigenvalue weighted by Crippen LogP contribution is 2.53. The van der Waals surface area contributed by atoms with Gasteiger partial charge in [0.05, 0.1) is 5.92 Å². The number of fused-ring (bicyclic) bond motifs is 2. The number of phenolic OH excluding ortho intramolecular Hbond substituents is 5. The van der Waals surface area contributed by atoms with Crippen LogP contribution in [0.1, 0.15) is 27.4 Å². The SMILES string of the molecule is O=C1c2cc(O)cc3oc(-c4ccc(O)cc4)c(c23)-c2cc(O)cc(O)c2[C@H]1c1ccc(O)cc1. The van der Waals surface area contributed by atoms with E-state index in [9.17, 15) is 30.3 Å². The molecule has 6 rings (SSSR count). The molecule has 0 amide bonds. The lowest BCUT2D eigenvalue weighted by molar-refractivity contribution is 0.0974. The monoisotopic (exact) mass is 466 g/mol. The van der Waals surface area contributed by atoms with E-state index in [1.807, 2.05) is 0 Å². The third-order valence-electron chi connectivity index (χ3n) is 6.36. The molecule has 1 atom stereocenters. The number of aromatic hydroxyl groups is 5. The highest BCUT2D eigenvalue weighted by Gasteiger charge is 2.37. The number of phenols is 5. The van der Waals surface area contributed by atoms with Crippen LogP contribution in [0.2, 0.25) is 0 Å². The van der Waals surface area contributed by atoms with E-state index in [1.54, 1.807) is 24.3 Å². The van der Waals surface area contributed by atoms with Gasteiger partial charge in [0.25, 0.3) is 0 Å². The van der Waals surface area contributed by atoms with Crippen molar-refractivity contribution in [3.63, 3.8) is 0 Å². The molecular formula is C28H18O7. The van der Waals surface area contributed by atoms with Crippen LogP contribution >= 0.6 is 0 Å². The number of rotatable bonds is 2. The van der Waals surface area contributed by atoms with E-state index in [1.165, 1.54) is 48.5 Å². The number of carbonyl (C=O) groups excluding carboxylic acids is 1. The Morgan fingerprint density at radius 2 is 1.26 bits per heavy atom. The third kappa shape index (κ3) is 3.09. The number of benzene rings is 4. The maximum atomic E-state index is 14.0. The van der Waals surface area contributed by atoms with Crippen LogP contribution in [0.5, 0.6) is 28.7 Å². The van der Waals surface area contributed by atoms with Gasteiger partial charge in [-0.1, -0.05) is 12.1 Å². The van der Waals surface area contributed by atoms with Crippen molar-refractivity contribution < 1.29 is 34.7 Å². The van der Waals surface area contributed by atoms with Crippen molar-refractivity contribution >= 4 is 16.8 Å². The van der Waals surface area contributed by atoms with Crippen LogP contribution in [-0.2, 0) is 0 Å². The Bertz CT molecular complexity index is 1640. The summed E-state index contributed by atoms with van der Waals surface area (Å²) in [6.45, 7) is 0. The zero-order valence-corrected chi connectivity index (χ0v) is 18.1. The summed E-state index contributed by atoms with van der Waals surface area (Å²) < 4.78 is 6.12. The van der Waals surface area contributed by atoms with E-state index in [0.717, 1.165) is 0 Å². The fraction of sp³-hybridized carbons (Fsp3) is 0.0357. The molecule has 0 saturated carbocycles. The van der Waals surface area contributed by atoms with Crippen molar-refractivity contribution in [2.24, 2.45) is 0 Å². The van der Waals surface area contributed by atoms with Gasteiger partial charge in [-0.15, -0.1) is 0 Å². The van der Waals surface area contributed by atoms with Crippen LogP contribution in [0, 0.1) is 0 Å². The molecule has 0 saturated heterocycles. The van der Waals surface area contributed by atoms with Crippen LogP contribution in [0.4, 0.5) is 0 Å². The zero-order chi connectivity index (χ0) is 24.4. The molecule has 0 spiro atoms. The molecule has 0 radical (unpaired) electrons. The van der Waals surface area contributed by atoms with E-state index in [4.69, 9.17) is 4.42 Å². The maximum absolute atomic E-state index is 14.0. The minimum atomic E-state index is -0.990. The van der Waals surface area contributed by atoms with Gasteiger partial charge in [0.1, 0.15) is 40.1 Å². The summed E-state index contributed by atoms with van der Waals surface area (Å²) in [4.78, 5) is 14.0. The second kappa shape index (κ2) is 7.30. The standard InChI is InChI=1S/C28H18O7/c29-15-5-1-13(2-6-15)23-24-19(9-17(31)11-21(24)33)26-25-20(27(23)34)10-18(32)12-22(25)35-28(26)14-3-7-16(30)8-4-14/h1-12,23,29-33H/t23-/m1/s1. The number of Topliss-reactive ketones (excluding diaryl/α,β-unsaturated/α-hetero) is 1. The van der Waals surface area contributed by atoms with Crippen LogP contribution < -0.4 is 0 Å². The van der Waals surface area contributed by atoms with Crippen molar-refractivity contribution in [3.05, 3.63) is 89.5 Å². The Morgan fingerprint density at radius 3 is 1.94 bits per heavy atom. The van der Waals surface area contributed by atoms with Gasteiger partial charge in [-0.25, -0.2) is 0 Å². The van der Waals surface area contributed by atoms with Crippen molar-refractivity contribution in [2.45, 2.75) is 5.92 Å². The first kappa shape index (κ1) is 20.7. The summed E-state index contributed by atoms with van der Waals surface area (Å²) in [5.41, 5.74) is 2.67. The first-order chi connectivity index (χ1) is 16.8. The van der Waals surface area contributed by atoms with Gasteiger partial charge in [-0.05, 0) is 59.7 Å². The minimum absolute atomic E-state index is 0.0232. The average Bonchev–Trinajstić information content (AvgIpc) is 3.15. The third-order valence-corrected chi connectivity index (χ3v) is 6.36. The zero-order valence-electron chi connectivity index (χ0n) is 18.1. The molecule has 1 aliphatic carbocycles. The molecule has 0 aliphatic heterocycles. The number of furan rings is 1. The van der Waals surface area contributed by atoms with Gasteiger partial charge in [-0.3, -0.25) is 4.79 Å². The molecule has 1 heterocycles. The molecule has 5 aromatic rings. The van der Waals surface area contributed by atoms with E-state index in [-0.39, 0.29) is 45.5 Å². The summed E-state index contributed by atoms with van der Waals surface area (Å²) >= 11 is 0. The lowest BCUT2D eigenvalue weighted by Crippen LogP contribution is -2.14. The molecule has 1 aliphatic rings. The topological polar surface area (TPSA) is 131 Å². The van der Waals surface area contributed by atoms with Crippen molar-refractivity contribution in [2.75, 3.05) is 0 Å². The molecule has 0 bridgehead atoms. The molecule has 7 nitrogen and oxygen atoms in total. The van der Waals surface area contributed by atoms with Crippen LogP contribution in [0.3, 0.4) is 0 Å². The van der Waals surface area contributed by atoms with E-state index in [0.29, 0.717) is 33.4 Å². The Balaban J connectivity index is 1.78. The minimum Gasteiger partial charge on any atom is -0.508 e. The Morgan fingerprint density at radius 1 is 0.657 bits per heavy atom. The molecule has 7 heteroatoms. The molecular weight excluding hydrogens is 448 g/mol. The van der Waals surface area contributed by atoms with Crippen molar-refractivity contribution in [3.8, 4) is 51.2 Å². The Hall–Kier alpha value is -4.91. The average molecular weight is 466 g/mol. The highest BCUT2D eigenvalue weighted by molar-refractivity contribution is 6.20. The fourth-order valence-corrected chi connectivity index (χ4v) is 4.89. The maximum Gasteiger partial charge on any atom is 0.175 e. The molecule has 0 fully saturated rings. The summed E-state index contributed by atoms with van der Waals surface area (Å²) in [5, 5.41) is 51.8. The molecule has 5 N–H and O–H groups in total. The highest BCUT2D eigenvalue weighted by atomic mass is 16.3. The first-order valence-corrected chi connectivity index (χ1v) is 10.8. The van der Waals surface area contributed by atoms with Gasteiger partial charge in [0.2, 0.25) is 0 Å². The lowest BCUT2D eigenvalue weighted by Gasteiger charge is -2.20. The quantitative estimate of drug-likeness (QED) is 0.228. The smallest absolute Gasteiger partial charge is 0.175 e. The normalized spacial score (nSPS) is 14.6. The van der Waals surface area contributed by atoms with Gasteiger partial charge < -0.3 is 29.9 Å². The summed E-state index contributed by atoms with van der Waals surface area (Å²) in [7, 11) is 0. The van der Waals surface area contributed by atoms with Gasteiger partial charge in [0, 0.05) is 39.8 Å². The van der Waals surface area contributed by atoms with Crippen LogP contribution in [0.15, 0.2) is 77.2 Å². The van der Waals surface area contributed by atoms with Crippen molar-refractivity contribution in [1.29, 1.82) is 0 Å². The van der Waals surface area contributed by atoms with E-state index in [2.05, 4.69) is 0 Å². The molecule has 1 aromatic heterocycles. The molecule has 172 valence electrons. The van der Waals surface area contributed by atoms with E-state index < -0.39 is 11.7 Å². The predicted molar refractivity (Wildman–Crippen MR) is 128 cm³/mol. The number of hydrogen-bond acceptors (Lipinski definition) is 7. The summed E-state index contributed by atoms with van der Waals surface area (Å²) in [6.07, 6.45) is 0. The van der Waals surface area contributed by atoms with Crippen LogP contribution in [0.25, 0.3) is 33.4 Å². The summed E-state index contributed by atoms with van der Waals surface area (Å²) in [5.74, 6) is -1.60. The molecule has 35 heavy (non-hydrogen) atoms. The lowest BCUT2D eigenvalue weighted by atomic mass is 9.83. The Labute approximate surface area is 198 Å². The Kier molecular flexibility index (Phi) is 4.31. The van der Waals surface area contributed by atoms with Gasteiger partial charge in [0.15, 0.2) is 5.78 Å². The summed E-state index contributed by atoms with van der Waals surface area (Å²) in [6, 6.07) is 17.8. The number of carbonyl (C=O) groups is 1. The molecule has 4 aromatic carbocycles. The fourth-order valence-electron chi connectivity index (χ4n) is 4.89. The van der Waals surface area contributed by atoms with Gasteiger partial charge in [-0.2, -0.15) is 0 Å².